The fourth-order valence-electron chi connectivity index (χ4n) is 2.80. The smallest absolute Gasteiger partial charge is 0.203 e. The lowest BCUT2D eigenvalue weighted by atomic mass is 10.1. The van der Waals surface area contributed by atoms with Crippen LogP contribution in [0.5, 0.6) is 17.2 Å². The van der Waals surface area contributed by atoms with Crippen molar-refractivity contribution in [2.45, 2.75) is 6.54 Å². The van der Waals surface area contributed by atoms with E-state index in [1.54, 1.807) is 32.7 Å². The third-order valence-electron chi connectivity index (χ3n) is 4.05. The molecule has 0 spiro atoms. The third kappa shape index (κ3) is 3.90. The number of methoxy groups -OCH3 is 3. The zero-order valence-electron chi connectivity index (χ0n) is 15.6. The molecule has 5 nitrogen and oxygen atoms in total. The molecule has 0 radical (unpaired) electrons. The summed E-state index contributed by atoms with van der Waals surface area (Å²) in [6.45, 7) is 4.53. The Balaban J connectivity index is 2.18. The van der Waals surface area contributed by atoms with Gasteiger partial charge in [0.1, 0.15) is 0 Å². The Morgan fingerprint density at radius 3 is 2.26 bits per heavy atom. The van der Waals surface area contributed by atoms with Crippen LogP contribution < -0.4 is 19.0 Å². The van der Waals surface area contributed by atoms with Gasteiger partial charge in [-0.05, 0) is 24.3 Å². The fraction of sp³-hybridized carbons (Fsp3) is 0.190. The van der Waals surface area contributed by atoms with E-state index in [0.29, 0.717) is 23.8 Å². The topological polar surface area (TPSA) is 45.0 Å². The highest BCUT2D eigenvalue weighted by Gasteiger charge is 2.16. The number of para-hydroxylation sites is 1. The molecule has 140 valence electrons. The van der Waals surface area contributed by atoms with Crippen LogP contribution in [-0.2, 0) is 6.54 Å². The van der Waals surface area contributed by atoms with E-state index in [1.165, 1.54) is 0 Å². The molecule has 0 aliphatic heterocycles. The summed E-state index contributed by atoms with van der Waals surface area (Å²) in [5.41, 5.74) is 2.87. The molecule has 0 saturated heterocycles. The molecule has 0 aliphatic rings. The van der Waals surface area contributed by atoms with E-state index in [0.717, 1.165) is 21.7 Å². The molecule has 3 aromatic rings. The molecule has 1 heterocycles. The molecule has 0 aliphatic carbocycles. The highest BCUT2D eigenvalue weighted by molar-refractivity contribution is 7.07. The van der Waals surface area contributed by atoms with Gasteiger partial charge < -0.3 is 18.8 Å². The van der Waals surface area contributed by atoms with Crippen molar-refractivity contribution >= 4 is 17.0 Å². The van der Waals surface area contributed by atoms with Gasteiger partial charge in [0.25, 0.3) is 0 Å². The predicted octanol–water partition coefficient (Wildman–Crippen LogP) is 4.66. The molecule has 6 heteroatoms. The summed E-state index contributed by atoms with van der Waals surface area (Å²) >= 11 is 1.58. The second kappa shape index (κ2) is 8.60. The van der Waals surface area contributed by atoms with E-state index in [1.807, 2.05) is 48.5 Å². The van der Waals surface area contributed by atoms with Crippen LogP contribution >= 0.6 is 11.3 Å². The van der Waals surface area contributed by atoms with E-state index in [9.17, 15) is 0 Å². The molecule has 0 fully saturated rings. The molecule has 0 bridgehead atoms. The van der Waals surface area contributed by atoms with Gasteiger partial charge in [0.2, 0.25) is 5.75 Å². The number of ether oxygens (including phenoxy) is 3. The molecule has 0 amide bonds. The molecule has 2 aromatic carbocycles. The van der Waals surface area contributed by atoms with Crippen molar-refractivity contribution in [3.8, 4) is 28.5 Å². The SMILES string of the molecule is C=CCn1c(-c2cc(OC)c(OC)c(OC)c2)csc1=Nc1ccccc1. The first-order valence-corrected chi connectivity index (χ1v) is 9.29. The summed E-state index contributed by atoms with van der Waals surface area (Å²) in [5.74, 6) is 1.80. The lowest BCUT2D eigenvalue weighted by Crippen LogP contribution is -2.14. The Morgan fingerprint density at radius 2 is 1.70 bits per heavy atom. The van der Waals surface area contributed by atoms with Crippen LogP contribution in [0.4, 0.5) is 5.69 Å². The first-order chi connectivity index (χ1) is 13.2. The summed E-state index contributed by atoms with van der Waals surface area (Å²) in [4.78, 5) is 5.66. The van der Waals surface area contributed by atoms with Crippen LogP contribution in [0.3, 0.4) is 0 Å². The van der Waals surface area contributed by atoms with Crippen molar-refractivity contribution in [2.24, 2.45) is 4.99 Å². The van der Waals surface area contributed by atoms with Gasteiger partial charge in [0.05, 0.1) is 32.7 Å². The van der Waals surface area contributed by atoms with Crippen LogP contribution in [0.2, 0.25) is 0 Å². The Bertz CT molecular complexity index is 965. The highest BCUT2D eigenvalue weighted by atomic mass is 32.1. The molecule has 0 unspecified atom stereocenters. The molecule has 0 N–H and O–H groups in total. The van der Waals surface area contributed by atoms with Gasteiger partial charge in [-0.15, -0.1) is 17.9 Å². The second-order valence-corrected chi connectivity index (χ2v) is 6.50. The first-order valence-electron chi connectivity index (χ1n) is 8.41. The van der Waals surface area contributed by atoms with Crippen molar-refractivity contribution < 1.29 is 14.2 Å². The molecule has 27 heavy (non-hydrogen) atoms. The van der Waals surface area contributed by atoms with Crippen LogP contribution in [0.1, 0.15) is 0 Å². The summed E-state index contributed by atoms with van der Waals surface area (Å²) in [6.07, 6.45) is 1.86. The maximum absolute atomic E-state index is 5.49. The molecule has 3 rings (SSSR count). The standard InChI is InChI=1S/C21H22N2O3S/c1-5-11-23-17(14-27-21(23)22-16-9-7-6-8-10-16)15-12-18(24-2)20(26-4)19(13-15)25-3/h5-10,12-14H,1,11H2,2-4H3. The van der Waals surface area contributed by atoms with Crippen molar-refractivity contribution in [1.82, 2.24) is 4.57 Å². The molecular formula is C21H22N2O3S. The van der Waals surface area contributed by atoms with Gasteiger partial charge in [-0.2, -0.15) is 0 Å². The van der Waals surface area contributed by atoms with Crippen molar-refractivity contribution in [3.63, 3.8) is 0 Å². The van der Waals surface area contributed by atoms with Crippen LogP contribution in [0, 0.1) is 0 Å². The molecule has 0 saturated carbocycles. The second-order valence-electron chi connectivity index (χ2n) is 5.66. The summed E-state index contributed by atoms with van der Waals surface area (Å²) < 4.78 is 18.5. The Hall–Kier alpha value is -2.99. The van der Waals surface area contributed by atoms with Gasteiger partial charge in [0, 0.05) is 17.5 Å². The summed E-state index contributed by atoms with van der Waals surface area (Å²) in [6, 6.07) is 13.8. The number of hydrogen-bond acceptors (Lipinski definition) is 5. The zero-order valence-corrected chi connectivity index (χ0v) is 16.5. The monoisotopic (exact) mass is 382 g/mol. The minimum atomic E-state index is 0.573. The maximum atomic E-state index is 5.49. The first kappa shape index (κ1) is 18.8. The van der Waals surface area contributed by atoms with Gasteiger partial charge in [-0.1, -0.05) is 24.3 Å². The summed E-state index contributed by atoms with van der Waals surface area (Å²) in [7, 11) is 4.82. The minimum absolute atomic E-state index is 0.573. The normalized spacial score (nSPS) is 11.3. The van der Waals surface area contributed by atoms with E-state index in [2.05, 4.69) is 16.5 Å². The number of thiazole rings is 1. The van der Waals surface area contributed by atoms with Gasteiger partial charge in [-0.25, -0.2) is 4.99 Å². The van der Waals surface area contributed by atoms with E-state index in [-0.39, 0.29) is 0 Å². The quantitative estimate of drug-likeness (QED) is 0.558. The lowest BCUT2D eigenvalue weighted by molar-refractivity contribution is 0.324. The predicted molar refractivity (Wildman–Crippen MR) is 109 cm³/mol. The number of aromatic nitrogens is 1. The fourth-order valence-corrected chi connectivity index (χ4v) is 3.74. The highest BCUT2D eigenvalue weighted by Crippen LogP contribution is 2.41. The number of nitrogens with zero attached hydrogens (tertiary/aromatic N) is 2. The minimum Gasteiger partial charge on any atom is -0.493 e. The van der Waals surface area contributed by atoms with Crippen LogP contribution in [0.25, 0.3) is 11.3 Å². The van der Waals surface area contributed by atoms with E-state index < -0.39 is 0 Å². The average Bonchev–Trinajstić information content (AvgIpc) is 3.10. The molecule has 0 atom stereocenters. The Kier molecular flexibility index (Phi) is 5.98. The number of allylic oxidation sites excluding steroid dienone is 1. The zero-order chi connectivity index (χ0) is 19.2. The van der Waals surface area contributed by atoms with Crippen molar-refractivity contribution in [1.29, 1.82) is 0 Å². The van der Waals surface area contributed by atoms with Gasteiger partial charge >= 0.3 is 0 Å². The van der Waals surface area contributed by atoms with Crippen molar-refractivity contribution in [2.75, 3.05) is 21.3 Å². The summed E-state index contributed by atoms with van der Waals surface area (Å²) in [5, 5.41) is 2.08. The number of hydrogen-bond donors (Lipinski definition) is 0. The Labute approximate surface area is 162 Å². The number of benzene rings is 2. The molecule has 1 aromatic heterocycles. The Morgan fingerprint density at radius 1 is 1.04 bits per heavy atom. The van der Waals surface area contributed by atoms with Crippen LogP contribution in [-0.4, -0.2) is 25.9 Å². The number of rotatable bonds is 7. The van der Waals surface area contributed by atoms with Gasteiger partial charge in [-0.3, -0.25) is 0 Å². The van der Waals surface area contributed by atoms with E-state index in [4.69, 9.17) is 19.2 Å². The molecular weight excluding hydrogens is 360 g/mol. The largest absolute Gasteiger partial charge is 0.493 e. The third-order valence-corrected chi connectivity index (χ3v) is 4.91. The van der Waals surface area contributed by atoms with Crippen molar-refractivity contribution in [3.05, 3.63) is 65.3 Å². The van der Waals surface area contributed by atoms with E-state index >= 15 is 0 Å². The van der Waals surface area contributed by atoms with Crippen LogP contribution in [0.15, 0.2) is 65.5 Å². The average molecular weight is 382 g/mol. The van der Waals surface area contributed by atoms with Gasteiger partial charge in [0.15, 0.2) is 16.3 Å². The maximum Gasteiger partial charge on any atom is 0.203 e. The lowest BCUT2D eigenvalue weighted by Gasteiger charge is -2.15.